The van der Waals surface area contributed by atoms with Gasteiger partial charge in [0.15, 0.2) is 5.82 Å². The molecule has 1 N–H and O–H groups in total. The summed E-state index contributed by atoms with van der Waals surface area (Å²) in [5.41, 5.74) is 11.7. The largest absolute Gasteiger partial charge is 0.354 e. The van der Waals surface area contributed by atoms with Crippen LogP contribution in [0.2, 0.25) is 0 Å². The molecule has 0 bridgehead atoms. The number of anilines is 3. The maximum atomic E-state index is 4.73. The van der Waals surface area contributed by atoms with E-state index in [1.807, 2.05) is 18.5 Å². The van der Waals surface area contributed by atoms with Crippen molar-refractivity contribution in [2.45, 2.75) is 19.3 Å². The summed E-state index contributed by atoms with van der Waals surface area (Å²) in [7, 11) is 2.12. The Labute approximate surface area is 211 Å². The van der Waals surface area contributed by atoms with Crippen LogP contribution >= 0.6 is 0 Å². The number of pyridine rings is 1. The van der Waals surface area contributed by atoms with Crippen LogP contribution in [0.4, 0.5) is 17.2 Å². The molecule has 3 heterocycles. The lowest BCUT2D eigenvalue weighted by Gasteiger charge is -2.33. The van der Waals surface area contributed by atoms with Gasteiger partial charge in [0.25, 0.3) is 0 Å². The van der Waals surface area contributed by atoms with E-state index in [1.165, 1.54) is 38.9 Å². The molecule has 0 saturated heterocycles. The highest BCUT2D eigenvalue weighted by Gasteiger charge is 2.47. The lowest BCUT2D eigenvalue weighted by molar-refractivity contribution is 0.726. The molecule has 1 aliphatic heterocycles. The van der Waals surface area contributed by atoms with Gasteiger partial charge in [-0.2, -0.15) is 5.10 Å². The molecule has 5 nitrogen and oxygen atoms in total. The van der Waals surface area contributed by atoms with E-state index in [0.717, 1.165) is 29.6 Å². The molecule has 0 fully saturated rings. The molecule has 0 amide bonds. The van der Waals surface area contributed by atoms with Crippen LogP contribution in [0.15, 0.2) is 91.3 Å². The number of aromatic amines is 1. The van der Waals surface area contributed by atoms with Gasteiger partial charge in [-0.1, -0.05) is 59.7 Å². The number of nitrogens with zero attached hydrogens (tertiary/aromatic N) is 4. The van der Waals surface area contributed by atoms with Crippen molar-refractivity contribution in [3.05, 3.63) is 125 Å². The summed E-state index contributed by atoms with van der Waals surface area (Å²) in [6.07, 6.45) is 3.73. The van der Waals surface area contributed by atoms with Gasteiger partial charge in [-0.25, -0.2) is 4.98 Å². The van der Waals surface area contributed by atoms with Crippen molar-refractivity contribution in [1.82, 2.24) is 15.2 Å². The first-order valence-corrected chi connectivity index (χ1v) is 12.3. The first-order chi connectivity index (χ1) is 17.6. The van der Waals surface area contributed by atoms with Crippen molar-refractivity contribution < 1.29 is 0 Å². The number of aromatic nitrogens is 3. The van der Waals surface area contributed by atoms with Crippen molar-refractivity contribution in [3.8, 4) is 11.1 Å². The predicted molar refractivity (Wildman–Crippen MR) is 145 cm³/mol. The summed E-state index contributed by atoms with van der Waals surface area (Å²) in [5.74, 6) is 0.992. The highest BCUT2D eigenvalue weighted by atomic mass is 15.4. The van der Waals surface area contributed by atoms with Crippen molar-refractivity contribution in [1.29, 1.82) is 0 Å². The average Bonchev–Trinajstić information content (AvgIpc) is 3.60. The monoisotopic (exact) mass is 469 g/mol. The molecule has 7 rings (SSSR count). The third-order valence-electron chi connectivity index (χ3n) is 7.73. The van der Waals surface area contributed by atoms with E-state index in [4.69, 9.17) is 4.98 Å². The van der Waals surface area contributed by atoms with Gasteiger partial charge in [0, 0.05) is 25.1 Å². The highest BCUT2D eigenvalue weighted by molar-refractivity contribution is 5.87. The predicted octanol–water partition coefficient (Wildman–Crippen LogP) is 6.33. The van der Waals surface area contributed by atoms with Crippen LogP contribution in [0.3, 0.4) is 0 Å². The van der Waals surface area contributed by atoms with Crippen molar-refractivity contribution in [2.24, 2.45) is 0 Å². The van der Waals surface area contributed by atoms with Crippen molar-refractivity contribution in [2.75, 3.05) is 23.5 Å². The zero-order valence-corrected chi connectivity index (χ0v) is 20.7. The van der Waals surface area contributed by atoms with E-state index in [-0.39, 0.29) is 0 Å². The SMILES string of the molecule is Cc1ccc2c(c1)C(c1cccc(N3CN(C)c4cccnc43)c1)(c1ccn[nH]1)c1cc(C)ccc1-2. The fourth-order valence-electron chi connectivity index (χ4n) is 6.13. The quantitative estimate of drug-likeness (QED) is 0.329. The van der Waals surface area contributed by atoms with Crippen LogP contribution in [0.5, 0.6) is 0 Å². The van der Waals surface area contributed by atoms with Gasteiger partial charge in [0.1, 0.15) is 0 Å². The van der Waals surface area contributed by atoms with Crippen molar-refractivity contribution in [3.63, 3.8) is 0 Å². The summed E-state index contributed by atoms with van der Waals surface area (Å²) in [6, 6.07) is 28.9. The molecule has 0 spiro atoms. The molecule has 36 heavy (non-hydrogen) atoms. The van der Waals surface area contributed by atoms with Gasteiger partial charge in [0.05, 0.1) is 23.5 Å². The van der Waals surface area contributed by atoms with Crippen LogP contribution in [-0.4, -0.2) is 28.9 Å². The Balaban J connectivity index is 1.52. The Hall–Kier alpha value is -4.38. The minimum absolute atomic E-state index is 0.492. The van der Waals surface area contributed by atoms with Crippen LogP contribution in [-0.2, 0) is 5.41 Å². The van der Waals surface area contributed by atoms with Gasteiger partial charge in [-0.15, -0.1) is 0 Å². The smallest absolute Gasteiger partial charge is 0.158 e. The highest BCUT2D eigenvalue weighted by Crippen LogP contribution is 2.56. The molecular weight excluding hydrogens is 442 g/mol. The summed E-state index contributed by atoms with van der Waals surface area (Å²) in [5, 5.41) is 7.78. The van der Waals surface area contributed by atoms with E-state index in [1.54, 1.807) is 0 Å². The number of hydrogen-bond donors (Lipinski definition) is 1. The minimum atomic E-state index is -0.492. The first-order valence-electron chi connectivity index (χ1n) is 12.3. The van der Waals surface area contributed by atoms with Crippen LogP contribution in [0, 0.1) is 13.8 Å². The fourth-order valence-corrected chi connectivity index (χ4v) is 6.13. The van der Waals surface area contributed by atoms with E-state index in [9.17, 15) is 0 Å². The second-order valence-electron chi connectivity index (χ2n) is 9.98. The third-order valence-corrected chi connectivity index (χ3v) is 7.73. The number of hydrogen-bond acceptors (Lipinski definition) is 4. The van der Waals surface area contributed by atoms with Gasteiger partial charge in [-0.3, -0.25) is 5.10 Å². The molecule has 2 aliphatic rings. The Morgan fingerprint density at radius 2 is 1.56 bits per heavy atom. The lowest BCUT2D eigenvalue weighted by Crippen LogP contribution is -2.30. The number of benzene rings is 3. The maximum absolute atomic E-state index is 4.73. The Morgan fingerprint density at radius 1 is 0.806 bits per heavy atom. The number of nitrogens with one attached hydrogen (secondary N) is 1. The molecule has 2 aromatic heterocycles. The molecule has 0 saturated carbocycles. The van der Waals surface area contributed by atoms with E-state index in [2.05, 4.69) is 114 Å². The Bertz CT molecular complexity index is 1570. The zero-order chi connectivity index (χ0) is 24.4. The summed E-state index contributed by atoms with van der Waals surface area (Å²) in [4.78, 5) is 9.26. The third kappa shape index (κ3) is 2.77. The second-order valence-corrected chi connectivity index (χ2v) is 9.98. The number of rotatable bonds is 3. The van der Waals surface area contributed by atoms with Gasteiger partial charge in [0.2, 0.25) is 0 Å². The Kier molecular flexibility index (Phi) is 4.40. The maximum Gasteiger partial charge on any atom is 0.158 e. The standard InChI is InChI=1S/C31H27N5/c1-20-9-11-24-25-12-10-21(2)17-27(25)31(26(24)16-20,29-13-15-33-34-29)22-6-4-7-23(18-22)36-19-35(3)28-8-5-14-32-30(28)36/h4-18H,19H2,1-3H3,(H,33,34). The topological polar surface area (TPSA) is 48.1 Å². The van der Waals surface area contributed by atoms with E-state index in [0.29, 0.717) is 0 Å². The molecule has 3 aromatic carbocycles. The summed E-state index contributed by atoms with van der Waals surface area (Å²) in [6.45, 7) is 5.11. The second kappa shape index (κ2) is 7.56. The normalized spacial score (nSPS) is 15.1. The molecule has 0 radical (unpaired) electrons. The van der Waals surface area contributed by atoms with Crippen LogP contribution in [0.25, 0.3) is 11.1 Å². The number of aryl methyl sites for hydroxylation is 2. The average molecular weight is 470 g/mol. The first kappa shape index (κ1) is 20.9. The lowest BCUT2D eigenvalue weighted by atomic mass is 9.69. The van der Waals surface area contributed by atoms with E-state index < -0.39 is 5.41 Å². The zero-order valence-electron chi connectivity index (χ0n) is 20.7. The summed E-state index contributed by atoms with van der Waals surface area (Å²) < 4.78 is 0. The Morgan fingerprint density at radius 3 is 2.25 bits per heavy atom. The van der Waals surface area contributed by atoms with Crippen molar-refractivity contribution >= 4 is 17.2 Å². The number of H-pyrrole nitrogens is 1. The fraction of sp³-hybridized carbons (Fsp3) is 0.161. The van der Waals surface area contributed by atoms with Crippen LogP contribution in [0.1, 0.15) is 33.5 Å². The van der Waals surface area contributed by atoms with E-state index >= 15 is 0 Å². The van der Waals surface area contributed by atoms with Crippen LogP contribution < -0.4 is 9.80 Å². The van der Waals surface area contributed by atoms with Gasteiger partial charge < -0.3 is 9.80 Å². The molecule has 0 atom stereocenters. The molecule has 1 aliphatic carbocycles. The molecular formula is C31H27N5. The summed E-state index contributed by atoms with van der Waals surface area (Å²) >= 11 is 0. The molecule has 5 heteroatoms. The van der Waals surface area contributed by atoms with Gasteiger partial charge >= 0.3 is 0 Å². The minimum Gasteiger partial charge on any atom is -0.354 e. The van der Waals surface area contributed by atoms with Gasteiger partial charge in [-0.05, 0) is 72.0 Å². The number of fused-ring (bicyclic) bond motifs is 4. The molecule has 5 aromatic rings. The molecule has 0 unspecified atom stereocenters. The molecule has 176 valence electrons.